The summed E-state index contributed by atoms with van der Waals surface area (Å²) in [4.78, 5) is 11.9. The van der Waals surface area contributed by atoms with Crippen molar-refractivity contribution in [2.45, 2.75) is 0 Å². The average Bonchev–Trinajstić information content (AvgIpc) is 2.45. The predicted octanol–water partition coefficient (Wildman–Crippen LogP) is 4.31. The van der Waals surface area contributed by atoms with Crippen LogP contribution in [0.2, 0.25) is 10.0 Å². The molecule has 0 bridgehead atoms. The Bertz CT molecular complexity index is 709. The van der Waals surface area contributed by atoms with Crippen LogP contribution >= 0.6 is 23.2 Å². The second-order valence-electron chi connectivity index (χ2n) is 4.02. The maximum Gasteiger partial charge on any atom is 0.272 e. The number of halogens is 6. The van der Waals surface area contributed by atoms with Crippen LogP contribution in [0.4, 0.5) is 23.2 Å². The van der Waals surface area contributed by atoms with Crippen molar-refractivity contribution < 1.29 is 22.4 Å². The van der Waals surface area contributed by atoms with Crippen molar-refractivity contribution >= 4 is 34.8 Å². The molecular weight excluding hydrogens is 347 g/mol. The first-order chi connectivity index (χ1) is 10.3. The Morgan fingerprint density at radius 3 is 1.95 bits per heavy atom. The lowest BCUT2D eigenvalue weighted by Gasteiger charge is -2.12. The van der Waals surface area contributed by atoms with Gasteiger partial charge >= 0.3 is 0 Å². The van der Waals surface area contributed by atoms with Gasteiger partial charge in [-0.05, 0) is 12.1 Å². The minimum atomic E-state index is -1.69. The van der Waals surface area contributed by atoms with E-state index < -0.39 is 34.9 Å². The number of rotatable bonds is 3. The molecule has 0 atom stereocenters. The van der Waals surface area contributed by atoms with E-state index in [4.69, 9.17) is 23.2 Å². The number of carbonyl (C=O) groups excluding carboxylic acids is 1. The van der Waals surface area contributed by atoms with Gasteiger partial charge in [0.25, 0.3) is 5.91 Å². The van der Waals surface area contributed by atoms with Crippen molar-refractivity contribution in [1.29, 1.82) is 0 Å². The largest absolute Gasteiger partial charge is 0.293 e. The van der Waals surface area contributed by atoms with Crippen LogP contribution in [0.1, 0.15) is 10.4 Å². The Morgan fingerprint density at radius 2 is 1.45 bits per heavy atom. The van der Waals surface area contributed by atoms with Crippen molar-refractivity contribution in [3.8, 4) is 0 Å². The van der Waals surface area contributed by atoms with Gasteiger partial charge in [-0.25, -0.2) is 17.6 Å². The highest BCUT2D eigenvalue weighted by atomic mass is 35.5. The third-order valence-electron chi connectivity index (χ3n) is 2.60. The molecule has 0 saturated carbocycles. The topological polar surface area (TPSA) is 41.1 Å². The number of amides is 1. The molecule has 0 spiro atoms. The minimum absolute atomic E-state index is 0.0156. The number of carbonyl (C=O) groups is 1. The van der Waals surface area contributed by atoms with Gasteiger partial charge in [-0.2, -0.15) is 0 Å². The van der Waals surface area contributed by atoms with Gasteiger partial charge in [0.05, 0.1) is 15.6 Å². The highest BCUT2D eigenvalue weighted by Gasteiger charge is 2.21. The normalized spacial score (nSPS) is 10.5. The number of hydrazine groups is 1. The summed E-state index contributed by atoms with van der Waals surface area (Å²) < 4.78 is 52.9. The Kier molecular flexibility index (Phi) is 4.77. The molecule has 2 aromatic carbocycles. The molecule has 0 aliphatic heterocycles. The Morgan fingerprint density at radius 1 is 0.955 bits per heavy atom. The van der Waals surface area contributed by atoms with Crippen LogP contribution in [-0.4, -0.2) is 5.91 Å². The number of nitrogens with one attached hydrogen (secondary N) is 2. The molecule has 22 heavy (non-hydrogen) atoms. The molecule has 0 radical (unpaired) electrons. The van der Waals surface area contributed by atoms with Gasteiger partial charge < -0.3 is 0 Å². The molecule has 116 valence electrons. The maximum absolute atomic E-state index is 13.4. The van der Waals surface area contributed by atoms with Crippen LogP contribution in [0, 0.1) is 23.3 Å². The summed E-state index contributed by atoms with van der Waals surface area (Å²) in [7, 11) is 0. The zero-order chi connectivity index (χ0) is 16.4. The van der Waals surface area contributed by atoms with Gasteiger partial charge in [-0.15, -0.1) is 0 Å². The second kappa shape index (κ2) is 6.41. The lowest BCUT2D eigenvalue weighted by Crippen LogP contribution is -2.31. The zero-order valence-electron chi connectivity index (χ0n) is 10.5. The van der Waals surface area contributed by atoms with Crippen molar-refractivity contribution in [1.82, 2.24) is 5.43 Å². The smallest absolute Gasteiger partial charge is 0.272 e. The number of benzene rings is 2. The van der Waals surface area contributed by atoms with Crippen molar-refractivity contribution in [3.05, 3.63) is 63.1 Å². The molecule has 2 aromatic rings. The first-order valence-corrected chi connectivity index (χ1v) is 6.42. The molecule has 2 N–H and O–H groups in total. The van der Waals surface area contributed by atoms with Gasteiger partial charge in [0.1, 0.15) is 5.69 Å². The van der Waals surface area contributed by atoms with E-state index in [0.29, 0.717) is 0 Å². The van der Waals surface area contributed by atoms with E-state index in [0.717, 1.165) is 0 Å². The molecule has 0 heterocycles. The highest BCUT2D eigenvalue weighted by Crippen LogP contribution is 2.25. The summed E-state index contributed by atoms with van der Waals surface area (Å²) in [6.45, 7) is 0. The summed E-state index contributed by atoms with van der Waals surface area (Å²) in [5.74, 6) is -7.56. The third-order valence-corrected chi connectivity index (χ3v) is 3.23. The molecule has 2 rings (SSSR count). The van der Waals surface area contributed by atoms with Crippen LogP contribution in [0.3, 0.4) is 0 Å². The molecule has 1 amide bonds. The van der Waals surface area contributed by atoms with E-state index >= 15 is 0 Å². The summed E-state index contributed by atoms with van der Waals surface area (Å²) in [5.41, 5.74) is 2.27. The third kappa shape index (κ3) is 3.10. The highest BCUT2D eigenvalue weighted by molar-refractivity contribution is 6.39. The SMILES string of the molecule is O=C(NNc1c(F)c(F)cc(F)c1F)c1c(Cl)cccc1Cl. The molecular formula is C13H6Cl2F4N2O. The monoisotopic (exact) mass is 352 g/mol. The summed E-state index contributed by atoms with van der Waals surface area (Å²) >= 11 is 11.6. The number of hydrogen-bond acceptors (Lipinski definition) is 2. The quantitative estimate of drug-likeness (QED) is 0.491. The Labute approximate surface area is 131 Å². The van der Waals surface area contributed by atoms with Gasteiger partial charge in [0.15, 0.2) is 23.3 Å². The molecule has 9 heteroatoms. The molecule has 0 aromatic heterocycles. The van der Waals surface area contributed by atoms with E-state index in [1.54, 1.807) is 5.43 Å². The van der Waals surface area contributed by atoms with Crippen molar-refractivity contribution in [2.24, 2.45) is 0 Å². The molecule has 3 nitrogen and oxygen atoms in total. The lowest BCUT2D eigenvalue weighted by atomic mass is 10.2. The number of anilines is 1. The van der Waals surface area contributed by atoms with E-state index in [9.17, 15) is 22.4 Å². The van der Waals surface area contributed by atoms with Crippen molar-refractivity contribution in [2.75, 3.05) is 5.43 Å². The van der Waals surface area contributed by atoms with Gasteiger partial charge in [-0.1, -0.05) is 29.3 Å². The Balaban J connectivity index is 2.26. The van der Waals surface area contributed by atoms with Crippen molar-refractivity contribution in [3.63, 3.8) is 0 Å². The first-order valence-electron chi connectivity index (χ1n) is 5.66. The average molecular weight is 353 g/mol. The second-order valence-corrected chi connectivity index (χ2v) is 4.83. The summed E-state index contributed by atoms with van der Waals surface area (Å²) in [6.07, 6.45) is 0. The van der Waals surface area contributed by atoms with Crippen LogP contribution in [0.25, 0.3) is 0 Å². The fourth-order valence-electron chi connectivity index (χ4n) is 1.58. The summed E-state index contributed by atoms with van der Waals surface area (Å²) in [5, 5.41) is -0.0312. The molecule has 0 saturated heterocycles. The van der Waals surface area contributed by atoms with Crippen LogP contribution < -0.4 is 10.9 Å². The van der Waals surface area contributed by atoms with Crippen LogP contribution in [0.5, 0.6) is 0 Å². The maximum atomic E-state index is 13.4. The van der Waals surface area contributed by atoms with Crippen LogP contribution in [-0.2, 0) is 0 Å². The standard InChI is InChI=1S/C13H6Cl2F4N2O/c14-5-2-1-3-6(15)9(5)13(22)21-20-12-10(18)7(16)4-8(17)11(12)19/h1-4,20H,(H,21,22). The first kappa shape index (κ1) is 16.4. The Hall–Kier alpha value is -1.99. The molecule has 0 fully saturated rings. The number of hydrogen-bond donors (Lipinski definition) is 2. The zero-order valence-corrected chi connectivity index (χ0v) is 12.0. The van der Waals surface area contributed by atoms with E-state index in [-0.39, 0.29) is 21.7 Å². The van der Waals surface area contributed by atoms with Gasteiger partial charge in [0.2, 0.25) is 0 Å². The van der Waals surface area contributed by atoms with Gasteiger partial charge in [-0.3, -0.25) is 15.6 Å². The van der Waals surface area contributed by atoms with Crippen LogP contribution in [0.15, 0.2) is 24.3 Å². The fraction of sp³-hybridized carbons (Fsp3) is 0. The molecule has 0 aliphatic carbocycles. The molecule has 0 aliphatic rings. The van der Waals surface area contributed by atoms with E-state index in [2.05, 4.69) is 0 Å². The lowest BCUT2D eigenvalue weighted by molar-refractivity contribution is 0.0962. The minimum Gasteiger partial charge on any atom is -0.293 e. The summed E-state index contributed by atoms with van der Waals surface area (Å²) in [6, 6.07) is 4.26. The predicted molar refractivity (Wildman–Crippen MR) is 73.8 cm³/mol. The fourth-order valence-corrected chi connectivity index (χ4v) is 2.15. The molecule has 0 unspecified atom stereocenters. The van der Waals surface area contributed by atoms with E-state index in [1.807, 2.05) is 5.43 Å². The van der Waals surface area contributed by atoms with E-state index in [1.165, 1.54) is 18.2 Å². The van der Waals surface area contributed by atoms with Gasteiger partial charge in [0, 0.05) is 6.07 Å².